The highest BCUT2D eigenvalue weighted by Gasteiger charge is 2.29. The zero-order chi connectivity index (χ0) is 18.5. The molecule has 1 aromatic carbocycles. The highest BCUT2D eigenvalue weighted by Crippen LogP contribution is 2.27. The van der Waals surface area contributed by atoms with Gasteiger partial charge in [-0.25, -0.2) is 0 Å². The predicted molar refractivity (Wildman–Crippen MR) is 101 cm³/mol. The number of hydrogen-bond donors (Lipinski definition) is 1. The molecule has 1 amide bonds. The smallest absolute Gasteiger partial charge is 0.244 e. The van der Waals surface area contributed by atoms with Gasteiger partial charge in [0.2, 0.25) is 5.91 Å². The zero-order valence-electron chi connectivity index (χ0n) is 15.8. The molecule has 1 aliphatic heterocycles. The summed E-state index contributed by atoms with van der Waals surface area (Å²) in [5, 5.41) is 7.32. The molecule has 140 valence electrons. The van der Waals surface area contributed by atoms with E-state index in [9.17, 15) is 4.79 Å². The largest absolute Gasteiger partial charge is 0.496 e. The van der Waals surface area contributed by atoms with E-state index >= 15 is 0 Å². The van der Waals surface area contributed by atoms with Crippen molar-refractivity contribution in [3.05, 3.63) is 47.8 Å². The van der Waals surface area contributed by atoms with Crippen molar-refractivity contribution in [3.8, 4) is 5.75 Å². The number of aryl methyl sites for hydroxylation is 1. The first-order chi connectivity index (χ1) is 12.6. The van der Waals surface area contributed by atoms with E-state index < -0.39 is 0 Å². The lowest BCUT2D eigenvalue weighted by molar-refractivity contribution is -0.134. The molecule has 1 fully saturated rings. The van der Waals surface area contributed by atoms with Crippen molar-refractivity contribution in [3.63, 3.8) is 0 Å². The minimum absolute atomic E-state index is 0.135. The van der Waals surface area contributed by atoms with E-state index in [0.29, 0.717) is 5.92 Å². The average Bonchev–Trinajstić information content (AvgIpc) is 3.09. The quantitative estimate of drug-likeness (QED) is 0.862. The SMILES string of the molecule is CNC(C(=O)N1CCC(Cc2ccccc2OC)CC1)c1cnn(C)c1. The minimum atomic E-state index is -0.325. The van der Waals surface area contributed by atoms with Crippen molar-refractivity contribution >= 4 is 5.91 Å². The summed E-state index contributed by atoms with van der Waals surface area (Å²) >= 11 is 0. The van der Waals surface area contributed by atoms with E-state index in [-0.39, 0.29) is 11.9 Å². The number of rotatable bonds is 6. The summed E-state index contributed by atoms with van der Waals surface area (Å²) in [6, 6.07) is 7.88. The number of likely N-dealkylation sites (N-methyl/N-ethyl adjacent to an activating group) is 1. The topological polar surface area (TPSA) is 59.4 Å². The number of methoxy groups -OCH3 is 1. The number of carbonyl (C=O) groups excluding carboxylic acids is 1. The van der Waals surface area contributed by atoms with E-state index in [1.54, 1.807) is 18.0 Å². The second kappa shape index (κ2) is 8.36. The maximum atomic E-state index is 12.9. The van der Waals surface area contributed by atoms with E-state index in [1.807, 2.05) is 37.3 Å². The van der Waals surface area contributed by atoms with Gasteiger partial charge in [0.15, 0.2) is 0 Å². The summed E-state index contributed by atoms with van der Waals surface area (Å²) < 4.78 is 7.19. The van der Waals surface area contributed by atoms with E-state index in [4.69, 9.17) is 4.74 Å². The monoisotopic (exact) mass is 356 g/mol. The van der Waals surface area contributed by atoms with Crippen LogP contribution in [0.3, 0.4) is 0 Å². The number of likely N-dealkylation sites (tertiary alicyclic amines) is 1. The van der Waals surface area contributed by atoms with Gasteiger partial charge in [-0.15, -0.1) is 0 Å². The Morgan fingerprint density at radius 2 is 2.08 bits per heavy atom. The van der Waals surface area contributed by atoms with Crippen LogP contribution in [0.2, 0.25) is 0 Å². The second-order valence-corrected chi connectivity index (χ2v) is 6.95. The van der Waals surface area contributed by atoms with Gasteiger partial charge in [0.25, 0.3) is 0 Å². The molecule has 1 saturated heterocycles. The third kappa shape index (κ3) is 4.07. The molecule has 1 N–H and O–H groups in total. The molecule has 0 aliphatic carbocycles. The number of aromatic nitrogens is 2. The van der Waals surface area contributed by atoms with Crippen LogP contribution in [0.4, 0.5) is 0 Å². The number of nitrogens with one attached hydrogen (secondary N) is 1. The van der Waals surface area contributed by atoms with Crippen LogP contribution in [0.1, 0.15) is 30.0 Å². The Morgan fingerprint density at radius 3 is 2.69 bits per heavy atom. The molecule has 2 aromatic rings. The summed E-state index contributed by atoms with van der Waals surface area (Å²) in [5.74, 6) is 1.68. The first-order valence-electron chi connectivity index (χ1n) is 9.19. The summed E-state index contributed by atoms with van der Waals surface area (Å²) in [6.07, 6.45) is 6.70. The molecule has 1 unspecified atom stereocenters. The Kier molecular flexibility index (Phi) is 5.93. The molecule has 0 radical (unpaired) electrons. The molecule has 0 bridgehead atoms. The standard InChI is InChI=1S/C20H28N4O2/c1-21-19(17-13-22-23(2)14-17)20(25)24-10-8-15(9-11-24)12-16-6-4-5-7-18(16)26-3/h4-7,13-15,19,21H,8-12H2,1-3H3. The van der Waals surface area contributed by atoms with Gasteiger partial charge in [-0.2, -0.15) is 5.10 Å². The Bertz CT molecular complexity index is 735. The molecule has 0 saturated carbocycles. The Labute approximate surface area is 155 Å². The molecular weight excluding hydrogens is 328 g/mol. The maximum absolute atomic E-state index is 12.9. The number of para-hydroxylation sites is 1. The van der Waals surface area contributed by atoms with Crippen LogP contribution < -0.4 is 10.1 Å². The lowest BCUT2D eigenvalue weighted by Gasteiger charge is -2.34. The number of carbonyl (C=O) groups is 1. The van der Waals surface area contributed by atoms with Gasteiger partial charge in [-0.1, -0.05) is 18.2 Å². The normalized spacial score (nSPS) is 16.5. The van der Waals surface area contributed by atoms with Crippen LogP contribution in [0, 0.1) is 5.92 Å². The molecule has 26 heavy (non-hydrogen) atoms. The fraction of sp³-hybridized carbons (Fsp3) is 0.500. The molecule has 6 heteroatoms. The van der Waals surface area contributed by atoms with Crippen LogP contribution in [0.25, 0.3) is 0 Å². The lowest BCUT2D eigenvalue weighted by Crippen LogP contribution is -2.44. The van der Waals surface area contributed by atoms with Gasteiger partial charge in [-0.3, -0.25) is 9.48 Å². The van der Waals surface area contributed by atoms with Crippen LogP contribution >= 0.6 is 0 Å². The Balaban J connectivity index is 1.58. The molecule has 1 aliphatic rings. The molecule has 1 atom stereocenters. The minimum Gasteiger partial charge on any atom is -0.496 e. The number of nitrogens with zero attached hydrogens (tertiary/aromatic N) is 3. The number of benzene rings is 1. The highest BCUT2D eigenvalue weighted by molar-refractivity contribution is 5.83. The van der Waals surface area contributed by atoms with Gasteiger partial charge in [0.05, 0.1) is 13.3 Å². The molecular formula is C20H28N4O2. The van der Waals surface area contributed by atoms with E-state index in [0.717, 1.165) is 43.7 Å². The van der Waals surface area contributed by atoms with Crippen LogP contribution in [-0.2, 0) is 18.3 Å². The van der Waals surface area contributed by atoms with Crippen LogP contribution in [0.15, 0.2) is 36.7 Å². The third-order valence-electron chi connectivity index (χ3n) is 5.22. The van der Waals surface area contributed by atoms with Crippen molar-refractivity contribution in [2.24, 2.45) is 13.0 Å². The van der Waals surface area contributed by atoms with Crippen molar-refractivity contribution in [2.45, 2.75) is 25.3 Å². The number of amides is 1. The number of piperidine rings is 1. The summed E-state index contributed by atoms with van der Waals surface area (Å²) in [4.78, 5) is 14.9. The summed E-state index contributed by atoms with van der Waals surface area (Å²) in [7, 11) is 5.41. The van der Waals surface area contributed by atoms with Crippen molar-refractivity contribution in [2.75, 3.05) is 27.2 Å². The fourth-order valence-corrected chi connectivity index (χ4v) is 3.74. The van der Waals surface area contributed by atoms with Gasteiger partial charge in [0, 0.05) is 31.9 Å². The van der Waals surface area contributed by atoms with Crippen molar-refractivity contribution in [1.29, 1.82) is 0 Å². The molecule has 1 aromatic heterocycles. The fourth-order valence-electron chi connectivity index (χ4n) is 3.74. The van der Waals surface area contributed by atoms with Crippen LogP contribution in [0.5, 0.6) is 5.75 Å². The molecule has 3 rings (SSSR count). The second-order valence-electron chi connectivity index (χ2n) is 6.95. The Morgan fingerprint density at radius 1 is 1.35 bits per heavy atom. The van der Waals surface area contributed by atoms with Gasteiger partial charge < -0.3 is 15.0 Å². The first-order valence-corrected chi connectivity index (χ1v) is 9.19. The van der Waals surface area contributed by atoms with Gasteiger partial charge >= 0.3 is 0 Å². The molecule has 6 nitrogen and oxygen atoms in total. The van der Waals surface area contributed by atoms with Crippen LogP contribution in [-0.4, -0.2) is 47.8 Å². The Hall–Kier alpha value is -2.34. The van der Waals surface area contributed by atoms with Gasteiger partial charge in [0.1, 0.15) is 11.8 Å². The highest BCUT2D eigenvalue weighted by atomic mass is 16.5. The molecule has 0 spiro atoms. The first kappa shape index (κ1) is 18.5. The summed E-state index contributed by atoms with van der Waals surface area (Å²) in [5.41, 5.74) is 2.17. The summed E-state index contributed by atoms with van der Waals surface area (Å²) in [6.45, 7) is 1.61. The number of ether oxygens (including phenoxy) is 1. The van der Waals surface area contributed by atoms with Crippen molar-refractivity contribution in [1.82, 2.24) is 20.0 Å². The zero-order valence-corrected chi connectivity index (χ0v) is 15.8. The maximum Gasteiger partial charge on any atom is 0.244 e. The number of hydrogen-bond acceptors (Lipinski definition) is 4. The van der Waals surface area contributed by atoms with Gasteiger partial charge in [-0.05, 0) is 43.9 Å². The van der Waals surface area contributed by atoms with Crippen molar-refractivity contribution < 1.29 is 9.53 Å². The molecule has 2 heterocycles. The lowest BCUT2D eigenvalue weighted by atomic mass is 9.89. The third-order valence-corrected chi connectivity index (χ3v) is 5.22. The van der Waals surface area contributed by atoms with E-state index in [1.165, 1.54) is 5.56 Å². The average molecular weight is 356 g/mol. The van der Waals surface area contributed by atoms with E-state index in [2.05, 4.69) is 22.5 Å². The predicted octanol–water partition coefficient (Wildman–Crippen LogP) is 2.17.